The van der Waals surface area contributed by atoms with Crippen molar-refractivity contribution in [2.45, 2.75) is 37.0 Å². The average Bonchev–Trinajstić information content (AvgIpc) is 2.75. The second kappa shape index (κ2) is 10.6. The van der Waals surface area contributed by atoms with Crippen LogP contribution < -0.4 is 15.8 Å². The number of hydrogen-bond acceptors (Lipinski definition) is 8. The first-order valence-corrected chi connectivity index (χ1v) is 11.3. The molecule has 0 fully saturated rings. The number of aromatic nitrogens is 2. The molecule has 34 heavy (non-hydrogen) atoms. The summed E-state index contributed by atoms with van der Waals surface area (Å²) in [5, 5.41) is 2.73. The van der Waals surface area contributed by atoms with Crippen LogP contribution in [0, 0.1) is 11.6 Å². The molecule has 2 atom stereocenters. The van der Waals surface area contributed by atoms with Crippen molar-refractivity contribution < 1.29 is 27.4 Å². The van der Waals surface area contributed by atoms with Crippen molar-refractivity contribution in [3.63, 3.8) is 0 Å². The normalized spacial score (nSPS) is 22.2. The van der Waals surface area contributed by atoms with Gasteiger partial charge in [-0.25, -0.2) is 18.7 Å². The molecule has 0 radical (unpaired) electrons. The molecule has 0 saturated carbocycles. The van der Waals surface area contributed by atoms with E-state index in [2.05, 4.69) is 20.3 Å². The Labute approximate surface area is 199 Å². The highest BCUT2D eigenvalue weighted by Gasteiger charge is 2.44. The summed E-state index contributed by atoms with van der Waals surface area (Å²) < 4.78 is 51.6. The summed E-state index contributed by atoms with van der Waals surface area (Å²) in [5.41, 5.74) is 4.73. The Morgan fingerprint density at radius 1 is 1.26 bits per heavy atom. The van der Waals surface area contributed by atoms with Gasteiger partial charge in [-0.05, 0) is 26.3 Å². The van der Waals surface area contributed by atoms with Gasteiger partial charge in [-0.1, -0.05) is 11.8 Å². The maximum atomic E-state index is 14.9. The summed E-state index contributed by atoms with van der Waals surface area (Å²) in [4.78, 5) is 24.9. The molecule has 0 spiro atoms. The zero-order chi connectivity index (χ0) is 24.9. The van der Waals surface area contributed by atoms with Gasteiger partial charge in [0.05, 0.1) is 37.8 Å². The maximum Gasteiger partial charge on any atom is 0.275 e. The van der Waals surface area contributed by atoms with Gasteiger partial charge in [-0.15, -0.1) is 0 Å². The third kappa shape index (κ3) is 5.98. The lowest BCUT2D eigenvalue weighted by atomic mass is 9.83. The van der Waals surface area contributed by atoms with Crippen LogP contribution in [0.3, 0.4) is 0 Å². The summed E-state index contributed by atoms with van der Waals surface area (Å²) >= 11 is 1.31. The summed E-state index contributed by atoms with van der Waals surface area (Å²) in [5.74, 6) is -2.76. The number of aliphatic imine (C=N–C) groups is 1. The summed E-state index contributed by atoms with van der Waals surface area (Å²) in [6.07, 6.45) is 2.92. The molecule has 2 aromatic rings. The third-order valence-corrected chi connectivity index (χ3v) is 6.19. The number of amides is 1. The van der Waals surface area contributed by atoms with Gasteiger partial charge in [-0.2, -0.15) is 0 Å². The minimum atomic E-state index is -1.19. The van der Waals surface area contributed by atoms with Gasteiger partial charge < -0.3 is 20.5 Å². The van der Waals surface area contributed by atoms with Gasteiger partial charge in [0.25, 0.3) is 5.91 Å². The van der Waals surface area contributed by atoms with Crippen LogP contribution in [0.25, 0.3) is 0 Å². The molecule has 0 bridgehead atoms. The number of nitrogens with two attached hydrogens (primary N) is 1. The Morgan fingerprint density at radius 2 is 2.03 bits per heavy atom. The SMILES string of the molecule is COC[C@@]1(C)C[C@@](C)(c2cc(NC(=O)c3cnc(OCCCF)cn3)cc(F)c2F)N=C(N)S1. The van der Waals surface area contributed by atoms with Crippen molar-refractivity contribution in [2.24, 2.45) is 10.7 Å². The highest BCUT2D eigenvalue weighted by Crippen LogP contribution is 2.46. The monoisotopic (exact) mass is 497 g/mol. The number of carbonyl (C=O) groups is 1. The molecule has 3 N–H and O–H groups in total. The largest absolute Gasteiger partial charge is 0.476 e. The lowest BCUT2D eigenvalue weighted by Crippen LogP contribution is -2.43. The van der Waals surface area contributed by atoms with E-state index in [0.717, 1.165) is 6.07 Å². The molecule has 8 nitrogen and oxygen atoms in total. The van der Waals surface area contributed by atoms with E-state index < -0.39 is 34.5 Å². The molecular weight excluding hydrogens is 471 g/mol. The van der Waals surface area contributed by atoms with Gasteiger partial charge in [0.2, 0.25) is 5.88 Å². The number of thioether (sulfide) groups is 1. The molecule has 0 unspecified atom stereocenters. The van der Waals surface area contributed by atoms with Crippen LogP contribution in [0.15, 0.2) is 29.5 Å². The molecule has 12 heteroatoms. The first-order chi connectivity index (χ1) is 16.1. The third-order valence-electron chi connectivity index (χ3n) is 5.13. The molecule has 0 aliphatic carbocycles. The quantitative estimate of drug-likeness (QED) is 0.507. The molecule has 3 rings (SSSR count). The lowest BCUT2D eigenvalue weighted by molar-refractivity contribution is 0.102. The van der Waals surface area contributed by atoms with Gasteiger partial charge in [0, 0.05) is 35.6 Å². The van der Waals surface area contributed by atoms with Crippen LogP contribution in [0.5, 0.6) is 5.88 Å². The smallest absolute Gasteiger partial charge is 0.275 e. The highest BCUT2D eigenvalue weighted by atomic mass is 32.2. The molecule has 1 aliphatic rings. The minimum Gasteiger partial charge on any atom is -0.476 e. The number of amidine groups is 1. The molecule has 1 amide bonds. The number of rotatable bonds is 9. The van der Waals surface area contributed by atoms with Crippen LogP contribution in [0.1, 0.15) is 42.7 Å². The van der Waals surface area contributed by atoms with Gasteiger partial charge in [-0.3, -0.25) is 14.2 Å². The number of hydrogen-bond donors (Lipinski definition) is 2. The number of ether oxygens (including phenoxy) is 2. The maximum absolute atomic E-state index is 14.9. The second-order valence-corrected chi connectivity index (χ2v) is 9.90. The minimum absolute atomic E-state index is 0.0191. The number of halogens is 3. The van der Waals surface area contributed by atoms with Crippen LogP contribution >= 0.6 is 11.8 Å². The molecule has 1 aromatic heterocycles. The molecule has 2 heterocycles. The number of alkyl halides is 1. The Kier molecular flexibility index (Phi) is 8.03. The Balaban J connectivity index is 1.84. The summed E-state index contributed by atoms with van der Waals surface area (Å²) in [7, 11) is 1.55. The van der Waals surface area contributed by atoms with E-state index in [4.69, 9.17) is 15.2 Å². The lowest BCUT2D eigenvalue weighted by Gasteiger charge is -2.41. The highest BCUT2D eigenvalue weighted by molar-refractivity contribution is 8.15. The van der Waals surface area contributed by atoms with Gasteiger partial charge >= 0.3 is 0 Å². The molecule has 1 aromatic carbocycles. The summed E-state index contributed by atoms with van der Waals surface area (Å²) in [6.45, 7) is 3.50. The predicted octanol–water partition coefficient (Wildman–Crippen LogP) is 3.82. The molecule has 1 aliphatic heterocycles. The number of benzene rings is 1. The van der Waals surface area contributed by atoms with Crippen molar-refractivity contribution in [1.82, 2.24) is 9.97 Å². The second-order valence-electron chi connectivity index (χ2n) is 8.29. The zero-order valence-corrected chi connectivity index (χ0v) is 19.8. The standard InChI is InChI=1S/C22H26F3N5O3S/c1-21(12-32-3)11-22(2,30-20(26)34-21)14-7-13(8-15(24)18(14)25)29-19(31)16-9-28-17(10-27-16)33-6-4-5-23/h7-10H,4-6,11-12H2,1-3H3,(H2,26,30)(H,29,31)/t21-,22+/m1/s1. The molecule has 184 valence electrons. The van der Waals surface area contributed by atoms with E-state index in [1.54, 1.807) is 14.0 Å². The fourth-order valence-corrected chi connectivity index (χ4v) is 5.13. The number of carbonyl (C=O) groups excluding carboxylic acids is 1. The van der Waals surface area contributed by atoms with Crippen molar-refractivity contribution >= 4 is 28.5 Å². The molecular formula is C22H26F3N5O3S. The van der Waals surface area contributed by atoms with Crippen molar-refractivity contribution in [3.05, 3.63) is 47.4 Å². The Bertz CT molecular complexity index is 1070. The van der Waals surface area contributed by atoms with Gasteiger partial charge in [0.1, 0.15) is 5.69 Å². The van der Waals surface area contributed by atoms with E-state index in [-0.39, 0.29) is 41.0 Å². The zero-order valence-electron chi connectivity index (χ0n) is 19.0. The number of methoxy groups -OCH3 is 1. The number of anilines is 1. The topological polar surface area (TPSA) is 112 Å². The average molecular weight is 498 g/mol. The van der Waals surface area contributed by atoms with Crippen molar-refractivity contribution in [1.29, 1.82) is 0 Å². The summed E-state index contributed by atoms with van der Waals surface area (Å²) in [6, 6.07) is 2.21. The van der Waals surface area contributed by atoms with Crippen LogP contribution in [0.4, 0.5) is 18.9 Å². The Hall–Kier alpha value is -2.86. The first kappa shape index (κ1) is 25.8. The van der Waals surface area contributed by atoms with Gasteiger partial charge in [0.15, 0.2) is 16.8 Å². The van der Waals surface area contributed by atoms with E-state index in [9.17, 15) is 18.0 Å². The molecule has 0 saturated heterocycles. The van der Waals surface area contributed by atoms with E-state index in [1.165, 1.54) is 30.2 Å². The predicted molar refractivity (Wildman–Crippen MR) is 124 cm³/mol. The number of nitrogens with one attached hydrogen (secondary N) is 1. The van der Waals surface area contributed by atoms with E-state index in [1.807, 2.05) is 6.92 Å². The Morgan fingerprint density at radius 3 is 2.68 bits per heavy atom. The number of nitrogens with zero attached hydrogens (tertiary/aromatic N) is 3. The fourth-order valence-electron chi connectivity index (χ4n) is 3.85. The fraction of sp³-hybridized carbons (Fsp3) is 0.455. The van der Waals surface area contributed by atoms with Crippen LogP contribution in [-0.2, 0) is 10.3 Å². The van der Waals surface area contributed by atoms with E-state index in [0.29, 0.717) is 13.0 Å². The first-order valence-electron chi connectivity index (χ1n) is 10.4. The van der Waals surface area contributed by atoms with Crippen LogP contribution in [-0.4, -0.2) is 52.8 Å². The van der Waals surface area contributed by atoms with Crippen LogP contribution in [0.2, 0.25) is 0 Å². The van der Waals surface area contributed by atoms with Crippen molar-refractivity contribution in [2.75, 3.05) is 32.3 Å². The van der Waals surface area contributed by atoms with E-state index >= 15 is 0 Å². The van der Waals surface area contributed by atoms with Crippen molar-refractivity contribution in [3.8, 4) is 5.88 Å².